The first kappa shape index (κ1) is 22.3. The summed E-state index contributed by atoms with van der Waals surface area (Å²) < 4.78 is 0. The lowest BCUT2D eigenvalue weighted by molar-refractivity contribution is 0.637. The largest absolute Gasteiger partial charge is 0.258 e. The number of hydrogen-bond donors (Lipinski definition) is 0. The molecule has 170 valence electrons. The molecule has 0 aliphatic heterocycles. The molecule has 0 radical (unpaired) electrons. The normalized spacial score (nSPS) is 13.2. The van der Waals surface area contributed by atoms with Crippen LogP contribution in [0.5, 0.6) is 0 Å². The fourth-order valence-corrected chi connectivity index (χ4v) is 5.26. The first-order chi connectivity index (χ1) is 16.8. The van der Waals surface area contributed by atoms with Gasteiger partial charge in [0.25, 0.3) is 0 Å². The lowest BCUT2D eigenvalue weighted by atomic mass is 9.88. The Labute approximate surface area is 202 Å². The summed E-state index contributed by atoms with van der Waals surface area (Å²) in [4.78, 5) is 9.71. The van der Waals surface area contributed by atoms with Gasteiger partial charge in [0.15, 0.2) is 0 Å². The minimum absolute atomic E-state index is 0.435. The highest BCUT2D eigenvalue weighted by atomic mass is 14.8. The molecular weight excluding hydrogens is 412 g/mol. The molecule has 0 aliphatic carbocycles. The van der Waals surface area contributed by atoms with Crippen molar-refractivity contribution >= 4 is 21.5 Å². The zero-order valence-corrected chi connectivity index (χ0v) is 20.1. The summed E-state index contributed by atoms with van der Waals surface area (Å²) in [5, 5.41) is 5.31. The molecule has 1 aromatic heterocycles. The maximum Gasteiger partial charge on any atom is 0.0593 e. The van der Waals surface area contributed by atoms with Crippen molar-refractivity contribution in [2.75, 3.05) is 0 Å². The molecule has 0 saturated carbocycles. The van der Waals surface area contributed by atoms with Crippen LogP contribution in [-0.4, -0.2) is 9.97 Å². The molecule has 0 bridgehead atoms. The minimum Gasteiger partial charge on any atom is -0.258 e. The van der Waals surface area contributed by atoms with Crippen LogP contribution in [-0.2, 0) is 12.8 Å². The average Bonchev–Trinajstić information content (AvgIpc) is 2.90. The maximum absolute atomic E-state index is 4.85. The molecule has 4 aromatic carbocycles. The average molecular weight is 445 g/mol. The molecule has 34 heavy (non-hydrogen) atoms. The van der Waals surface area contributed by atoms with Crippen LogP contribution >= 0.6 is 0 Å². The van der Waals surface area contributed by atoms with Crippen LogP contribution in [0, 0.1) is 0 Å². The SMILES string of the molecule is CCC(Cc1cnc(CC(CC)c2cccc3ccccc23)cn1)c1cccc2ccccc12. The van der Waals surface area contributed by atoms with Crippen LogP contribution < -0.4 is 0 Å². The van der Waals surface area contributed by atoms with Gasteiger partial charge in [0, 0.05) is 12.4 Å². The van der Waals surface area contributed by atoms with Gasteiger partial charge in [0.2, 0.25) is 0 Å². The Hall–Kier alpha value is -3.52. The van der Waals surface area contributed by atoms with Crippen LogP contribution in [0.1, 0.15) is 61.0 Å². The van der Waals surface area contributed by atoms with Gasteiger partial charge >= 0.3 is 0 Å². The Morgan fingerprint density at radius 3 is 1.35 bits per heavy atom. The number of rotatable bonds is 8. The van der Waals surface area contributed by atoms with E-state index in [1.54, 1.807) is 0 Å². The smallest absolute Gasteiger partial charge is 0.0593 e. The van der Waals surface area contributed by atoms with Crippen molar-refractivity contribution in [2.45, 2.75) is 51.4 Å². The van der Waals surface area contributed by atoms with Gasteiger partial charge in [-0.2, -0.15) is 0 Å². The predicted octanol–water partition coefficient (Wildman–Crippen LogP) is 8.26. The van der Waals surface area contributed by atoms with Gasteiger partial charge in [0.1, 0.15) is 0 Å². The molecular formula is C32H32N2. The van der Waals surface area contributed by atoms with Crippen LogP contribution in [0.15, 0.2) is 97.3 Å². The molecule has 0 saturated heterocycles. The fourth-order valence-electron chi connectivity index (χ4n) is 5.26. The Bertz CT molecular complexity index is 1270. The molecule has 0 aliphatic rings. The van der Waals surface area contributed by atoms with Gasteiger partial charge in [-0.15, -0.1) is 0 Å². The first-order valence-corrected chi connectivity index (χ1v) is 12.5. The molecule has 0 amide bonds. The van der Waals surface area contributed by atoms with E-state index in [0.29, 0.717) is 11.8 Å². The van der Waals surface area contributed by atoms with Gasteiger partial charge in [-0.3, -0.25) is 9.97 Å². The Morgan fingerprint density at radius 1 is 0.529 bits per heavy atom. The highest BCUT2D eigenvalue weighted by molar-refractivity contribution is 5.87. The van der Waals surface area contributed by atoms with Gasteiger partial charge in [-0.05, 0) is 70.2 Å². The number of aromatic nitrogens is 2. The fraction of sp³-hybridized carbons (Fsp3) is 0.250. The van der Waals surface area contributed by atoms with Crippen molar-refractivity contribution in [1.29, 1.82) is 0 Å². The quantitative estimate of drug-likeness (QED) is 0.241. The van der Waals surface area contributed by atoms with E-state index < -0.39 is 0 Å². The molecule has 2 nitrogen and oxygen atoms in total. The van der Waals surface area contributed by atoms with Crippen LogP contribution in [0.2, 0.25) is 0 Å². The molecule has 2 unspecified atom stereocenters. The third-order valence-corrected chi connectivity index (χ3v) is 7.18. The zero-order valence-electron chi connectivity index (χ0n) is 20.1. The first-order valence-electron chi connectivity index (χ1n) is 12.5. The van der Waals surface area contributed by atoms with E-state index in [-0.39, 0.29) is 0 Å². The van der Waals surface area contributed by atoms with E-state index in [0.717, 1.165) is 37.1 Å². The van der Waals surface area contributed by atoms with E-state index in [4.69, 9.17) is 9.97 Å². The molecule has 0 fully saturated rings. The van der Waals surface area contributed by atoms with Crippen LogP contribution in [0.25, 0.3) is 21.5 Å². The Morgan fingerprint density at radius 2 is 0.941 bits per heavy atom. The monoisotopic (exact) mass is 444 g/mol. The summed E-state index contributed by atoms with van der Waals surface area (Å²) in [5.41, 5.74) is 4.96. The van der Waals surface area contributed by atoms with E-state index in [9.17, 15) is 0 Å². The van der Waals surface area contributed by atoms with Crippen molar-refractivity contribution in [1.82, 2.24) is 9.97 Å². The Balaban J connectivity index is 1.35. The second kappa shape index (κ2) is 10.2. The second-order valence-electron chi connectivity index (χ2n) is 9.25. The highest BCUT2D eigenvalue weighted by Crippen LogP contribution is 2.32. The molecule has 5 rings (SSSR count). The zero-order chi connectivity index (χ0) is 23.3. The van der Waals surface area contributed by atoms with Crippen molar-refractivity contribution in [2.24, 2.45) is 0 Å². The van der Waals surface area contributed by atoms with Gasteiger partial charge < -0.3 is 0 Å². The molecule has 1 heterocycles. The van der Waals surface area contributed by atoms with Crippen molar-refractivity contribution in [3.05, 3.63) is 120 Å². The van der Waals surface area contributed by atoms with Gasteiger partial charge in [-0.25, -0.2) is 0 Å². The highest BCUT2D eigenvalue weighted by Gasteiger charge is 2.16. The summed E-state index contributed by atoms with van der Waals surface area (Å²) >= 11 is 0. The standard InChI is InChI=1S/C32H32N2/c1-3-23(29-17-9-13-25-11-5-7-15-31(25)29)19-27-21-34-28(22-33-27)20-24(4-2)30-18-10-14-26-12-6-8-16-32(26)30/h5-18,21-24H,3-4,19-20H2,1-2H3. The van der Waals surface area contributed by atoms with Crippen molar-refractivity contribution in [3.63, 3.8) is 0 Å². The summed E-state index contributed by atoms with van der Waals surface area (Å²) in [5.74, 6) is 0.871. The van der Waals surface area contributed by atoms with E-state index in [2.05, 4.69) is 98.8 Å². The molecule has 0 N–H and O–H groups in total. The molecule has 5 aromatic rings. The summed E-state index contributed by atoms with van der Waals surface area (Å²) in [6.07, 6.45) is 7.99. The van der Waals surface area contributed by atoms with E-state index >= 15 is 0 Å². The van der Waals surface area contributed by atoms with Gasteiger partial charge in [0.05, 0.1) is 11.4 Å². The third kappa shape index (κ3) is 4.59. The third-order valence-electron chi connectivity index (χ3n) is 7.18. The summed E-state index contributed by atoms with van der Waals surface area (Å²) in [6.45, 7) is 4.54. The lowest BCUT2D eigenvalue weighted by Gasteiger charge is -2.19. The second-order valence-corrected chi connectivity index (χ2v) is 9.25. The van der Waals surface area contributed by atoms with Gasteiger partial charge in [-0.1, -0.05) is 98.8 Å². The molecule has 2 atom stereocenters. The summed E-state index contributed by atoms with van der Waals surface area (Å²) in [6, 6.07) is 30.6. The maximum atomic E-state index is 4.85. The summed E-state index contributed by atoms with van der Waals surface area (Å²) in [7, 11) is 0. The van der Waals surface area contributed by atoms with E-state index in [1.807, 2.05) is 12.4 Å². The van der Waals surface area contributed by atoms with Crippen LogP contribution in [0.4, 0.5) is 0 Å². The van der Waals surface area contributed by atoms with Crippen molar-refractivity contribution < 1.29 is 0 Å². The number of benzene rings is 4. The minimum atomic E-state index is 0.435. The molecule has 2 heteroatoms. The Kier molecular flexibility index (Phi) is 6.67. The topological polar surface area (TPSA) is 25.8 Å². The number of hydrogen-bond acceptors (Lipinski definition) is 2. The van der Waals surface area contributed by atoms with Crippen molar-refractivity contribution in [3.8, 4) is 0 Å². The van der Waals surface area contributed by atoms with Crippen LogP contribution in [0.3, 0.4) is 0 Å². The number of fused-ring (bicyclic) bond motifs is 2. The van der Waals surface area contributed by atoms with E-state index in [1.165, 1.54) is 32.7 Å². The predicted molar refractivity (Wildman–Crippen MR) is 143 cm³/mol. The number of nitrogens with zero attached hydrogens (tertiary/aromatic N) is 2. The molecule has 0 spiro atoms. The lowest BCUT2D eigenvalue weighted by Crippen LogP contribution is -2.08.